The molecular weight excluding hydrogens is 459 g/mol. The van der Waals surface area contributed by atoms with Gasteiger partial charge < -0.3 is 9.14 Å². The summed E-state index contributed by atoms with van der Waals surface area (Å²) in [5.41, 5.74) is 4.05. The van der Waals surface area contributed by atoms with E-state index in [9.17, 15) is 18.7 Å². The largest absolute Gasteiger partial charge is 0.466 e. The Morgan fingerprint density at radius 1 is 1.21 bits per heavy atom. The normalized spacial score (nSPS) is 11.9. The number of esters is 1. The molecule has 0 N–H and O–H groups in total. The van der Waals surface area contributed by atoms with E-state index >= 15 is 0 Å². The second kappa shape index (κ2) is 9.69. The summed E-state index contributed by atoms with van der Waals surface area (Å²) in [4.78, 5) is 14.3. The number of nitriles is 1. The van der Waals surface area contributed by atoms with Gasteiger partial charge in [0.05, 0.1) is 34.3 Å². The second-order valence-electron chi connectivity index (χ2n) is 7.42. The summed E-state index contributed by atoms with van der Waals surface area (Å²) in [6.07, 6.45) is 2.37. The van der Waals surface area contributed by atoms with E-state index in [1.807, 2.05) is 28.8 Å². The Kier molecular flexibility index (Phi) is 6.72. The van der Waals surface area contributed by atoms with Crippen molar-refractivity contribution in [1.82, 2.24) is 4.40 Å². The summed E-state index contributed by atoms with van der Waals surface area (Å²) in [6, 6.07) is 13.2. The van der Waals surface area contributed by atoms with Crippen molar-refractivity contribution in [2.45, 2.75) is 36.5 Å². The van der Waals surface area contributed by atoms with E-state index in [-0.39, 0.29) is 18.2 Å². The fourth-order valence-electron chi connectivity index (χ4n) is 3.84. The maximum atomic E-state index is 13.3. The summed E-state index contributed by atoms with van der Waals surface area (Å²) in [7, 11) is -1.45. The van der Waals surface area contributed by atoms with Crippen LogP contribution in [-0.4, -0.2) is 21.2 Å². The molecule has 0 saturated heterocycles. The number of carbonyl (C=O) groups is 1. The lowest BCUT2D eigenvalue weighted by atomic mass is 10.1. The van der Waals surface area contributed by atoms with Crippen molar-refractivity contribution < 1.29 is 18.1 Å². The van der Waals surface area contributed by atoms with Gasteiger partial charge in [0.25, 0.3) is 0 Å². The lowest BCUT2D eigenvalue weighted by Crippen LogP contribution is -2.08. The number of halogens is 1. The van der Waals surface area contributed by atoms with Gasteiger partial charge in [-0.1, -0.05) is 0 Å². The molecule has 1 atom stereocenters. The highest BCUT2D eigenvalue weighted by molar-refractivity contribution is 7.85. The predicted molar refractivity (Wildman–Crippen MR) is 125 cm³/mol. The molecule has 1 unspecified atom stereocenters. The lowest BCUT2D eigenvalue weighted by Gasteiger charge is -2.07. The standard InChI is InChI=1S/C25H21FN2O3S2/c1-3-31-25(29)12-20-16(2)22(28-15-17(14-27)4-9-21(20)28)13-23-24(10-11-32-23)33(30)19-7-5-18(26)6-8-19/h4-11,15H,3,12-13H2,1-2H3. The molecule has 33 heavy (non-hydrogen) atoms. The van der Waals surface area contributed by atoms with Crippen LogP contribution in [-0.2, 0) is 33.2 Å². The minimum Gasteiger partial charge on any atom is -0.466 e. The van der Waals surface area contributed by atoms with Gasteiger partial charge in [0.15, 0.2) is 0 Å². The molecule has 0 amide bonds. The molecule has 168 valence electrons. The van der Waals surface area contributed by atoms with Crippen molar-refractivity contribution in [1.29, 1.82) is 5.26 Å². The first-order valence-corrected chi connectivity index (χ1v) is 12.4. The molecule has 0 aliphatic carbocycles. The van der Waals surface area contributed by atoms with E-state index < -0.39 is 10.8 Å². The number of fused-ring (bicyclic) bond motifs is 1. The van der Waals surface area contributed by atoms with Crippen LogP contribution in [0.15, 0.2) is 63.8 Å². The van der Waals surface area contributed by atoms with E-state index in [0.717, 1.165) is 27.2 Å². The Morgan fingerprint density at radius 2 is 1.97 bits per heavy atom. The van der Waals surface area contributed by atoms with Gasteiger partial charge >= 0.3 is 5.97 Å². The summed E-state index contributed by atoms with van der Waals surface area (Å²) in [6.45, 7) is 4.03. The second-order valence-corrected chi connectivity index (χ2v) is 9.87. The van der Waals surface area contributed by atoms with E-state index in [0.29, 0.717) is 28.4 Å². The zero-order valence-corrected chi connectivity index (χ0v) is 19.8. The molecule has 0 saturated carbocycles. The van der Waals surface area contributed by atoms with Gasteiger partial charge in [0.2, 0.25) is 0 Å². The third kappa shape index (κ3) is 4.61. The van der Waals surface area contributed by atoms with Gasteiger partial charge in [-0.2, -0.15) is 5.26 Å². The molecule has 4 aromatic rings. The molecule has 0 aliphatic heterocycles. The van der Waals surface area contributed by atoms with Gasteiger partial charge in [-0.25, -0.2) is 8.60 Å². The van der Waals surface area contributed by atoms with Crippen molar-refractivity contribution in [2.75, 3.05) is 6.61 Å². The zero-order valence-electron chi connectivity index (χ0n) is 18.1. The van der Waals surface area contributed by atoms with Gasteiger partial charge in [-0.05, 0) is 72.8 Å². The van der Waals surface area contributed by atoms with Gasteiger partial charge in [-0.15, -0.1) is 11.3 Å². The Labute approximate surface area is 197 Å². The SMILES string of the molecule is CCOC(=O)Cc1c(C)c(Cc2sccc2S(=O)c2ccc(F)cc2)n2cc(C#N)ccc12. The molecule has 4 rings (SSSR count). The molecule has 0 radical (unpaired) electrons. The topological polar surface area (TPSA) is 71.6 Å². The molecule has 0 bridgehead atoms. The monoisotopic (exact) mass is 480 g/mol. The van der Waals surface area contributed by atoms with Gasteiger partial charge in [0, 0.05) is 33.6 Å². The number of nitrogens with zero attached hydrogens (tertiary/aromatic N) is 2. The first kappa shape index (κ1) is 22.9. The Balaban J connectivity index is 1.77. The Bertz CT molecular complexity index is 1400. The average molecular weight is 481 g/mol. The van der Waals surface area contributed by atoms with Crippen molar-refractivity contribution in [2.24, 2.45) is 0 Å². The minimum atomic E-state index is -1.45. The van der Waals surface area contributed by atoms with Crippen LogP contribution in [0.2, 0.25) is 0 Å². The molecular formula is C25H21FN2O3S2. The van der Waals surface area contributed by atoms with Crippen LogP contribution in [0, 0.1) is 24.1 Å². The highest BCUT2D eigenvalue weighted by Crippen LogP contribution is 2.32. The zero-order chi connectivity index (χ0) is 23.5. The van der Waals surface area contributed by atoms with E-state index in [1.165, 1.54) is 35.6 Å². The number of hydrogen-bond acceptors (Lipinski definition) is 5. The number of carbonyl (C=O) groups excluding carboxylic acids is 1. The summed E-state index contributed by atoms with van der Waals surface area (Å²) < 4.78 is 33.6. The van der Waals surface area contributed by atoms with Crippen LogP contribution >= 0.6 is 11.3 Å². The summed E-state index contributed by atoms with van der Waals surface area (Å²) >= 11 is 1.49. The predicted octanol–water partition coefficient (Wildman–Crippen LogP) is 5.18. The average Bonchev–Trinajstić information content (AvgIpc) is 3.37. The maximum Gasteiger partial charge on any atom is 0.310 e. The molecule has 0 spiro atoms. The molecule has 1 aromatic carbocycles. The molecule has 8 heteroatoms. The number of aromatic nitrogens is 1. The summed E-state index contributed by atoms with van der Waals surface area (Å²) in [5.74, 6) is -0.683. The highest BCUT2D eigenvalue weighted by atomic mass is 32.2. The van der Waals surface area contributed by atoms with Crippen LogP contribution in [0.5, 0.6) is 0 Å². The smallest absolute Gasteiger partial charge is 0.310 e. The van der Waals surface area contributed by atoms with Crippen molar-refractivity contribution in [3.8, 4) is 6.07 Å². The number of ether oxygens (including phenoxy) is 1. The van der Waals surface area contributed by atoms with Crippen LogP contribution in [0.4, 0.5) is 4.39 Å². The summed E-state index contributed by atoms with van der Waals surface area (Å²) in [5, 5.41) is 11.3. The van der Waals surface area contributed by atoms with Crippen molar-refractivity contribution in [3.63, 3.8) is 0 Å². The molecule has 0 aliphatic rings. The van der Waals surface area contributed by atoms with Crippen molar-refractivity contribution in [3.05, 3.63) is 87.1 Å². The first-order chi connectivity index (χ1) is 15.9. The maximum absolute atomic E-state index is 13.3. The van der Waals surface area contributed by atoms with Crippen molar-refractivity contribution >= 4 is 33.6 Å². The fourth-order valence-corrected chi connectivity index (χ4v) is 6.18. The molecule has 0 fully saturated rings. The number of rotatable bonds is 7. The van der Waals surface area contributed by atoms with Gasteiger partial charge in [0.1, 0.15) is 11.9 Å². The molecule has 3 heterocycles. The van der Waals surface area contributed by atoms with Crippen LogP contribution < -0.4 is 0 Å². The quantitative estimate of drug-likeness (QED) is 0.342. The molecule has 3 aromatic heterocycles. The molecule has 5 nitrogen and oxygen atoms in total. The minimum absolute atomic E-state index is 0.133. The van der Waals surface area contributed by atoms with Crippen LogP contribution in [0.1, 0.15) is 34.2 Å². The van der Waals surface area contributed by atoms with E-state index in [4.69, 9.17) is 4.74 Å². The third-order valence-corrected chi connectivity index (χ3v) is 7.98. The number of benzene rings is 1. The van der Waals surface area contributed by atoms with E-state index in [1.54, 1.807) is 19.2 Å². The number of hydrogen-bond donors (Lipinski definition) is 0. The van der Waals surface area contributed by atoms with Crippen LogP contribution in [0.25, 0.3) is 5.52 Å². The van der Waals surface area contributed by atoms with Gasteiger partial charge in [-0.3, -0.25) is 4.79 Å². The third-order valence-electron chi connectivity index (χ3n) is 5.45. The van der Waals surface area contributed by atoms with E-state index in [2.05, 4.69) is 6.07 Å². The highest BCUT2D eigenvalue weighted by Gasteiger charge is 2.21. The Morgan fingerprint density at radius 3 is 2.67 bits per heavy atom. The fraction of sp³-hybridized carbons (Fsp3) is 0.200. The first-order valence-electron chi connectivity index (χ1n) is 10.3. The number of pyridine rings is 1. The Hall–Kier alpha value is -3.28. The van der Waals surface area contributed by atoms with Crippen LogP contribution in [0.3, 0.4) is 0 Å². The lowest BCUT2D eigenvalue weighted by molar-refractivity contribution is -0.142. The number of thiophene rings is 1.